The van der Waals surface area contributed by atoms with Gasteiger partial charge in [0.05, 0.1) is 0 Å². The first-order valence-corrected chi connectivity index (χ1v) is 9.53. The van der Waals surface area contributed by atoms with Crippen molar-refractivity contribution in [1.82, 2.24) is 9.80 Å². The van der Waals surface area contributed by atoms with Crippen LogP contribution < -0.4 is 4.74 Å². The van der Waals surface area contributed by atoms with Gasteiger partial charge < -0.3 is 14.7 Å². The number of ether oxygens (including phenoxy) is 1. The SMILES string of the molecule is O=C(O)C(COc1ccccc1)N1CCN(C(=O)c2ccc(Br)cc2)CC1. The van der Waals surface area contributed by atoms with Crippen LogP contribution in [0.2, 0.25) is 0 Å². The van der Waals surface area contributed by atoms with Gasteiger partial charge >= 0.3 is 5.97 Å². The van der Waals surface area contributed by atoms with E-state index in [2.05, 4.69) is 15.9 Å². The highest BCUT2D eigenvalue weighted by Gasteiger charge is 2.31. The van der Waals surface area contributed by atoms with E-state index in [0.717, 1.165) is 4.47 Å². The number of carbonyl (C=O) groups excluding carboxylic acids is 1. The molecule has 27 heavy (non-hydrogen) atoms. The number of amides is 1. The molecule has 1 atom stereocenters. The van der Waals surface area contributed by atoms with E-state index in [1.807, 2.05) is 35.2 Å². The van der Waals surface area contributed by atoms with E-state index in [-0.39, 0.29) is 12.5 Å². The van der Waals surface area contributed by atoms with Crippen molar-refractivity contribution < 1.29 is 19.4 Å². The zero-order chi connectivity index (χ0) is 19.2. The molecule has 0 radical (unpaired) electrons. The van der Waals surface area contributed by atoms with Crippen LogP contribution in [-0.4, -0.2) is 65.6 Å². The minimum absolute atomic E-state index is 0.0328. The molecule has 1 N–H and O–H groups in total. The highest BCUT2D eigenvalue weighted by molar-refractivity contribution is 9.10. The molecule has 142 valence electrons. The summed E-state index contributed by atoms with van der Waals surface area (Å²) < 4.78 is 6.55. The zero-order valence-corrected chi connectivity index (χ0v) is 16.3. The summed E-state index contributed by atoms with van der Waals surface area (Å²) in [7, 11) is 0. The summed E-state index contributed by atoms with van der Waals surface area (Å²) in [6, 6.07) is 15.7. The third kappa shape index (κ3) is 5.08. The molecule has 1 unspecified atom stereocenters. The highest BCUT2D eigenvalue weighted by Crippen LogP contribution is 2.16. The number of carbonyl (C=O) groups is 2. The highest BCUT2D eigenvalue weighted by atomic mass is 79.9. The Morgan fingerprint density at radius 1 is 1.00 bits per heavy atom. The lowest BCUT2D eigenvalue weighted by Gasteiger charge is -2.37. The predicted molar refractivity (Wildman–Crippen MR) is 105 cm³/mol. The molecule has 1 aliphatic rings. The lowest BCUT2D eigenvalue weighted by molar-refractivity contribution is -0.145. The monoisotopic (exact) mass is 432 g/mol. The molecule has 0 bridgehead atoms. The lowest BCUT2D eigenvalue weighted by Crippen LogP contribution is -2.55. The van der Waals surface area contributed by atoms with Crippen LogP contribution in [0.5, 0.6) is 5.75 Å². The van der Waals surface area contributed by atoms with Crippen molar-refractivity contribution in [3.05, 3.63) is 64.6 Å². The van der Waals surface area contributed by atoms with Gasteiger partial charge in [-0.15, -0.1) is 0 Å². The fourth-order valence-corrected chi connectivity index (χ4v) is 3.30. The Morgan fingerprint density at radius 3 is 2.22 bits per heavy atom. The van der Waals surface area contributed by atoms with E-state index in [1.54, 1.807) is 29.2 Å². The molecule has 1 aliphatic heterocycles. The van der Waals surface area contributed by atoms with Crippen LogP contribution >= 0.6 is 15.9 Å². The smallest absolute Gasteiger partial charge is 0.324 e. The van der Waals surface area contributed by atoms with Gasteiger partial charge in [-0.25, -0.2) is 0 Å². The Bertz CT molecular complexity index is 774. The first-order valence-electron chi connectivity index (χ1n) is 8.74. The summed E-state index contributed by atoms with van der Waals surface area (Å²) in [6.07, 6.45) is 0. The molecular formula is C20H21BrN2O4. The lowest BCUT2D eigenvalue weighted by atomic mass is 10.1. The Hall–Kier alpha value is -2.38. The number of carboxylic acid groups (broad SMARTS) is 1. The number of piperazine rings is 1. The van der Waals surface area contributed by atoms with Crippen LogP contribution in [-0.2, 0) is 4.79 Å². The van der Waals surface area contributed by atoms with Crippen LogP contribution in [0, 0.1) is 0 Å². The molecule has 2 aromatic carbocycles. The van der Waals surface area contributed by atoms with Gasteiger partial charge in [-0.2, -0.15) is 0 Å². The summed E-state index contributed by atoms with van der Waals surface area (Å²) in [5.41, 5.74) is 0.633. The van der Waals surface area contributed by atoms with Gasteiger partial charge in [-0.05, 0) is 36.4 Å². The van der Waals surface area contributed by atoms with Crippen molar-refractivity contribution in [2.24, 2.45) is 0 Å². The second-order valence-electron chi connectivity index (χ2n) is 6.31. The van der Waals surface area contributed by atoms with Crippen LogP contribution in [0.25, 0.3) is 0 Å². The van der Waals surface area contributed by atoms with E-state index >= 15 is 0 Å². The van der Waals surface area contributed by atoms with E-state index in [9.17, 15) is 14.7 Å². The van der Waals surface area contributed by atoms with Gasteiger partial charge in [0.2, 0.25) is 0 Å². The number of para-hydroxylation sites is 1. The van der Waals surface area contributed by atoms with Crippen molar-refractivity contribution in [1.29, 1.82) is 0 Å². The molecule has 3 rings (SSSR count). The van der Waals surface area contributed by atoms with Gasteiger partial charge in [-0.3, -0.25) is 14.5 Å². The summed E-state index contributed by atoms with van der Waals surface area (Å²) in [5.74, 6) is -0.305. The molecule has 1 saturated heterocycles. The Labute approximate surface area is 166 Å². The fraction of sp³-hybridized carbons (Fsp3) is 0.300. The van der Waals surface area contributed by atoms with Gasteiger partial charge in [0.15, 0.2) is 0 Å². The van der Waals surface area contributed by atoms with E-state index < -0.39 is 12.0 Å². The van der Waals surface area contributed by atoms with Gasteiger partial charge in [0.1, 0.15) is 18.4 Å². The number of rotatable bonds is 6. The minimum atomic E-state index is -0.918. The van der Waals surface area contributed by atoms with Gasteiger partial charge in [0.25, 0.3) is 5.91 Å². The Balaban J connectivity index is 1.56. The van der Waals surface area contributed by atoms with Crippen molar-refractivity contribution in [3.8, 4) is 5.75 Å². The molecule has 7 heteroatoms. The molecule has 1 fully saturated rings. The van der Waals surface area contributed by atoms with E-state index in [4.69, 9.17) is 4.74 Å². The molecule has 6 nitrogen and oxygen atoms in total. The van der Waals surface area contributed by atoms with Gasteiger partial charge in [0, 0.05) is 36.2 Å². The standard InChI is InChI=1S/C20H21BrN2O4/c21-16-8-6-15(7-9-16)19(24)23-12-10-22(11-13-23)18(20(25)26)14-27-17-4-2-1-3-5-17/h1-9,18H,10-14H2,(H,25,26). The zero-order valence-electron chi connectivity index (χ0n) is 14.8. The van der Waals surface area contributed by atoms with Crippen molar-refractivity contribution in [2.75, 3.05) is 32.8 Å². The quantitative estimate of drug-likeness (QED) is 0.759. The Morgan fingerprint density at radius 2 is 1.63 bits per heavy atom. The summed E-state index contributed by atoms with van der Waals surface area (Å²) in [6.45, 7) is 2.04. The Kier molecular flexibility index (Phi) is 6.47. The molecule has 0 saturated carbocycles. The third-order valence-electron chi connectivity index (χ3n) is 4.57. The van der Waals surface area contributed by atoms with Crippen molar-refractivity contribution in [3.63, 3.8) is 0 Å². The molecule has 0 aliphatic carbocycles. The predicted octanol–water partition coefficient (Wildman–Crippen LogP) is 2.74. The number of carboxylic acids is 1. The fourth-order valence-electron chi connectivity index (χ4n) is 3.04. The minimum Gasteiger partial charge on any atom is -0.491 e. The average Bonchev–Trinajstić information content (AvgIpc) is 2.69. The number of hydrogen-bond donors (Lipinski definition) is 1. The second-order valence-corrected chi connectivity index (χ2v) is 7.23. The maximum Gasteiger partial charge on any atom is 0.324 e. The van der Waals surface area contributed by atoms with Crippen LogP contribution in [0.1, 0.15) is 10.4 Å². The van der Waals surface area contributed by atoms with Crippen molar-refractivity contribution >= 4 is 27.8 Å². The van der Waals surface area contributed by atoms with Crippen molar-refractivity contribution in [2.45, 2.75) is 6.04 Å². The van der Waals surface area contributed by atoms with E-state index in [1.165, 1.54) is 0 Å². The van der Waals surface area contributed by atoms with E-state index in [0.29, 0.717) is 37.5 Å². The summed E-state index contributed by atoms with van der Waals surface area (Å²) >= 11 is 3.36. The number of nitrogens with zero attached hydrogens (tertiary/aromatic N) is 2. The molecule has 1 heterocycles. The number of hydrogen-bond acceptors (Lipinski definition) is 4. The number of halogens is 1. The first-order chi connectivity index (χ1) is 13.0. The number of aliphatic carboxylic acids is 1. The molecular weight excluding hydrogens is 412 g/mol. The molecule has 0 spiro atoms. The number of benzene rings is 2. The maximum atomic E-state index is 12.6. The maximum absolute atomic E-state index is 12.6. The summed E-state index contributed by atoms with van der Waals surface area (Å²) in [4.78, 5) is 27.9. The average molecular weight is 433 g/mol. The second kappa shape index (κ2) is 9.01. The third-order valence-corrected chi connectivity index (χ3v) is 5.10. The molecule has 0 aromatic heterocycles. The molecule has 1 amide bonds. The normalized spacial score (nSPS) is 16.0. The summed E-state index contributed by atoms with van der Waals surface area (Å²) in [5, 5.41) is 9.58. The van der Waals surface area contributed by atoms with Crippen LogP contribution in [0.3, 0.4) is 0 Å². The molecule has 2 aromatic rings. The first kappa shape index (κ1) is 19.4. The largest absolute Gasteiger partial charge is 0.491 e. The van der Waals surface area contributed by atoms with Gasteiger partial charge in [-0.1, -0.05) is 34.1 Å². The van der Waals surface area contributed by atoms with Crippen LogP contribution in [0.4, 0.5) is 0 Å². The van der Waals surface area contributed by atoms with Crippen LogP contribution in [0.15, 0.2) is 59.1 Å². The topological polar surface area (TPSA) is 70.1 Å².